The zero-order valence-corrected chi connectivity index (χ0v) is 25.7. The molecular formula is C34H41N3O2Si. The molecule has 1 fully saturated rings. The number of hydrogen-bond acceptors (Lipinski definition) is 4. The van der Waals surface area contributed by atoms with Crippen LogP contribution < -0.4 is 10.6 Å². The Bertz CT molecular complexity index is 1440. The second kappa shape index (κ2) is 11.6. The summed E-state index contributed by atoms with van der Waals surface area (Å²) >= 11 is 0. The van der Waals surface area contributed by atoms with Crippen LogP contribution in [0.15, 0.2) is 48.5 Å². The van der Waals surface area contributed by atoms with Crippen molar-refractivity contribution in [2.24, 2.45) is 0 Å². The van der Waals surface area contributed by atoms with Gasteiger partial charge in [-0.1, -0.05) is 74.1 Å². The molecular weight excluding hydrogens is 510 g/mol. The van der Waals surface area contributed by atoms with Gasteiger partial charge in [0.25, 0.3) is 0 Å². The van der Waals surface area contributed by atoms with Crippen molar-refractivity contribution in [1.29, 1.82) is 0 Å². The first-order valence-corrected chi connectivity index (χ1v) is 17.8. The number of nitrogens with one attached hydrogen (secondary N) is 2. The Labute approximate surface area is 240 Å². The van der Waals surface area contributed by atoms with E-state index in [9.17, 15) is 4.79 Å². The van der Waals surface area contributed by atoms with Crippen LogP contribution in [0.2, 0.25) is 19.6 Å². The van der Waals surface area contributed by atoms with Crippen LogP contribution >= 0.6 is 0 Å². The minimum Gasteiger partial charge on any atom is -0.448 e. The SMILES string of the molecule is Cc1c(C#C[Si](C)(C)C)c(C)c(NC(=O)OCC2c3ccccc3-c3ccccc32)c(C)c1CN1CCNCC1. The van der Waals surface area contributed by atoms with Crippen molar-refractivity contribution >= 4 is 19.9 Å². The third-order valence-electron chi connectivity index (χ3n) is 8.13. The predicted octanol–water partition coefficient (Wildman–Crippen LogP) is 6.61. The quantitative estimate of drug-likeness (QED) is 0.277. The summed E-state index contributed by atoms with van der Waals surface area (Å²) < 4.78 is 5.93. The minimum absolute atomic E-state index is 0.0276. The van der Waals surface area contributed by atoms with Gasteiger partial charge < -0.3 is 10.1 Å². The fraction of sp³-hybridized carbons (Fsp3) is 0.382. The molecule has 0 radical (unpaired) electrons. The molecule has 1 saturated heterocycles. The highest BCUT2D eigenvalue weighted by atomic mass is 28.3. The van der Waals surface area contributed by atoms with Gasteiger partial charge in [0.05, 0.1) is 5.69 Å². The van der Waals surface area contributed by atoms with E-state index < -0.39 is 14.2 Å². The van der Waals surface area contributed by atoms with E-state index in [0.717, 1.165) is 55.1 Å². The van der Waals surface area contributed by atoms with E-state index in [1.165, 1.54) is 33.4 Å². The third kappa shape index (κ3) is 5.88. The number of hydrogen-bond donors (Lipinski definition) is 2. The maximum Gasteiger partial charge on any atom is 0.411 e. The molecule has 1 aliphatic heterocycles. The van der Waals surface area contributed by atoms with Gasteiger partial charge in [0.2, 0.25) is 0 Å². The van der Waals surface area contributed by atoms with Gasteiger partial charge in [-0.2, -0.15) is 0 Å². The maximum absolute atomic E-state index is 13.3. The summed E-state index contributed by atoms with van der Waals surface area (Å²) in [5.74, 6) is 3.55. The highest BCUT2D eigenvalue weighted by Crippen LogP contribution is 2.44. The van der Waals surface area contributed by atoms with Crippen LogP contribution in [0, 0.1) is 32.2 Å². The van der Waals surface area contributed by atoms with Crippen molar-refractivity contribution in [3.8, 4) is 22.6 Å². The monoisotopic (exact) mass is 551 g/mol. The number of piperazine rings is 1. The first-order valence-electron chi connectivity index (χ1n) is 14.3. The number of nitrogens with zero attached hydrogens (tertiary/aromatic N) is 1. The smallest absolute Gasteiger partial charge is 0.411 e. The van der Waals surface area contributed by atoms with Gasteiger partial charge in [0, 0.05) is 44.2 Å². The highest BCUT2D eigenvalue weighted by molar-refractivity contribution is 6.83. The molecule has 40 heavy (non-hydrogen) atoms. The number of amides is 1. The standard InChI is InChI=1S/C34H41N3O2Si/c1-23-26(15-20-40(4,5)6)24(2)33(25(3)31(23)21-37-18-16-35-17-19-37)36-34(38)39-22-32-29-13-9-7-11-27(29)28-12-8-10-14-30(28)32/h7-14,32,35H,16-19,21-22H2,1-6H3,(H,36,38). The number of rotatable bonds is 5. The predicted molar refractivity (Wildman–Crippen MR) is 168 cm³/mol. The summed E-state index contributed by atoms with van der Waals surface area (Å²) in [4.78, 5) is 15.8. The lowest BCUT2D eigenvalue weighted by molar-refractivity contribution is 0.158. The topological polar surface area (TPSA) is 53.6 Å². The fourth-order valence-corrected chi connectivity index (χ4v) is 6.46. The van der Waals surface area contributed by atoms with Crippen LogP contribution in [0.25, 0.3) is 11.1 Å². The van der Waals surface area contributed by atoms with Crippen molar-refractivity contribution in [3.63, 3.8) is 0 Å². The molecule has 3 aromatic carbocycles. The summed E-state index contributed by atoms with van der Waals surface area (Å²) in [6.07, 6.45) is -0.422. The van der Waals surface area contributed by atoms with Gasteiger partial charge in [-0.05, 0) is 65.3 Å². The molecule has 6 heteroatoms. The largest absolute Gasteiger partial charge is 0.448 e. The summed E-state index contributed by atoms with van der Waals surface area (Å²) in [5.41, 5.74) is 14.9. The Hall–Kier alpha value is -3.37. The molecule has 5 nitrogen and oxygen atoms in total. The molecule has 1 aliphatic carbocycles. The summed E-state index contributed by atoms with van der Waals surface area (Å²) in [7, 11) is -1.59. The molecule has 2 N–H and O–H groups in total. The van der Waals surface area contributed by atoms with Gasteiger partial charge >= 0.3 is 6.09 Å². The van der Waals surface area contributed by atoms with Crippen LogP contribution in [0.3, 0.4) is 0 Å². The van der Waals surface area contributed by atoms with Gasteiger partial charge in [-0.25, -0.2) is 4.79 Å². The van der Waals surface area contributed by atoms with Crippen molar-refractivity contribution < 1.29 is 9.53 Å². The van der Waals surface area contributed by atoms with Crippen LogP contribution in [-0.2, 0) is 11.3 Å². The van der Waals surface area contributed by atoms with E-state index in [-0.39, 0.29) is 5.92 Å². The number of carbonyl (C=O) groups excluding carboxylic acids is 1. The summed E-state index contributed by atoms with van der Waals surface area (Å²) in [6, 6.07) is 16.8. The van der Waals surface area contributed by atoms with Crippen molar-refractivity contribution in [3.05, 3.63) is 87.5 Å². The number of fused-ring (bicyclic) bond motifs is 3. The summed E-state index contributed by atoms with van der Waals surface area (Å²) in [5, 5.41) is 6.59. The third-order valence-corrected chi connectivity index (χ3v) is 9.00. The molecule has 0 bridgehead atoms. The maximum atomic E-state index is 13.3. The van der Waals surface area contributed by atoms with Crippen molar-refractivity contribution in [1.82, 2.24) is 10.2 Å². The average molecular weight is 552 g/mol. The molecule has 3 aromatic rings. The number of carbonyl (C=O) groups is 1. The lowest BCUT2D eigenvalue weighted by Gasteiger charge is -2.30. The highest BCUT2D eigenvalue weighted by Gasteiger charge is 2.29. The molecule has 208 valence electrons. The first kappa shape index (κ1) is 28.2. The number of anilines is 1. The molecule has 0 aromatic heterocycles. The Morgan fingerprint density at radius 3 is 2.15 bits per heavy atom. The minimum atomic E-state index is -1.59. The van der Waals surface area contributed by atoms with Gasteiger partial charge in [0.15, 0.2) is 0 Å². The van der Waals surface area contributed by atoms with E-state index in [0.29, 0.717) is 6.61 Å². The Kier molecular flexibility index (Phi) is 8.18. The molecule has 5 rings (SSSR count). The molecule has 0 atom stereocenters. The van der Waals surface area contributed by atoms with E-state index in [1.54, 1.807) is 0 Å². The van der Waals surface area contributed by atoms with Gasteiger partial charge in [-0.15, -0.1) is 5.54 Å². The summed E-state index contributed by atoms with van der Waals surface area (Å²) in [6.45, 7) is 18.3. The van der Waals surface area contributed by atoms with E-state index in [4.69, 9.17) is 4.74 Å². The molecule has 1 amide bonds. The fourth-order valence-electron chi connectivity index (χ4n) is 5.96. The second-order valence-corrected chi connectivity index (χ2v) is 16.8. The van der Waals surface area contributed by atoms with Crippen molar-refractivity contribution in [2.75, 3.05) is 38.1 Å². The number of ether oxygens (including phenoxy) is 1. The Balaban J connectivity index is 1.42. The van der Waals surface area contributed by atoms with E-state index in [1.807, 2.05) is 0 Å². The van der Waals surface area contributed by atoms with Crippen LogP contribution in [0.5, 0.6) is 0 Å². The lowest BCUT2D eigenvalue weighted by Crippen LogP contribution is -2.43. The normalized spacial score (nSPS) is 15.2. The molecule has 2 aliphatic rings. The first-order chi connectivity index (χ1) is 19.1. The zero-order valence-electron chi connectivity index (χ0n) is 24.7. The number of benzene rings is 3. The average Bonchev–Trinajstić information content (AvgIpc) is 3.26. The van der Waals surface area contributed by atoms with E-state index >= 15 is 0 Å². The Morgan fingerprint density at radius 2 is 1.55 bits per heavy atom. The van der Waals surface area contributed by atoms with Crippen LogP contribution in [0.1, 0.15) is 44.9 Å². The van der Waals surface area contributed by atoms with Gasteiger partial charge in [-0.3, -0.25) is 10.2 Å². The second-order valence-electron chi connectivity index (χ2n) is 12.1. The van der Waals surface area contributed by atoms with E-state index in [2.05, 4.69) is 116 Å². The molecule has 1 heterocycles. The molecule has 0 unspecified atom stereocenters. The Morgan fingerprint density at radius 1 is 0.950 bits per heavy atom. The lowest BCUT2D eigenvalue weighted by atomic mass is 9.91. The molecule has 0 spiro atoms. The van der Waals surface area contributed by atoms with Crippen LogP contribution in [0.4, 0.5) is 10.5 Å². The zero-order chi connectivity index (χ0) is 28.4. The van der Waals surface area contributed by atoms with Gasteiger partial charge in [0.1, 0.15) is 14.7 Å². The van der Waals surface area contributed by atoms with Crippen LogP contribution in [-0.4, -0.2) is 51.9 Å². The molecule has 0 saturated carbocycles. The van der Waals surface area contributed by atoms with Crippen molar-refractivity contribution in [2.45, 2.75) is 52.9 Å².